The van der Waals surface area contributed by atoms with E-state index >= 15 is 0 Å². The summed E-state index contributed by atoms with van der Waals surface area (Å²) in [5, 5.41) is 13.3. The topological polar surface area (TPSA) is 45.0 Å². The number of thioether (sulfide) groups is 1. The van der Waals surface area contributed by atoms with Crippen LogP contribution in [0.4, 0.5) is 0 Å². The lowest BCUT2D eigenvalue weighted by molar-refractivity contribution is -0.126. The van der Waals surface area contributed by atoms with Crippen molar-refractivity contribution >= 4 is 51.2 Å². The zero-order valence-corrected chi connectivity index (χ0v) is 15.8. The highest BCUT2D eigenvalue weighted by atomic mass is 32.2. The SMILES string of the molecule is C[C@H]1S/C(=N/N=C\c2cccs2)N(Cc2cccc3ccccc23)C1=O. The Labute approximate surface area is 160 Å². The van der Waals surface area contributed by atoms with Crippen molar-refractivity contribution in [2.45, 2.75) is 18.7 Å². The molecule has 1 aliphatic rings. The number of carbonyl (C=O) groups excluding carboxylic acids is 1. The number of rotatable bonds is 4. The largest absolute Gasteiger partial charge is 0.284 e. The first kappa shape index (κ1) is 17.0. The van der Waals surface area contributed by atoms with E-state index in [-0.39, 0.29) is 11.2 Å². The molecule has 0 radical (unpaired) electrons. The van der Waals surface area contributed by atoms with Crippen LogP contribution in [0.15, 0.2) is 70.2 Å². The predicted octanol–water partition coefficient (Wildman–Crippen LogP) is 4.76. The molecule has 0 bridgehead atoms. The average Bonchev–Trinajstić information content (AvgIpc) is 3.26. The predicted molar refractivity (Wildman–Crippen MR) is 111 cm³/mol. The summed E-state index contributed by atoms with van der Waals surface area (Å²) in [5.74, 6) is 0.0769. The van der Waals surface area contributed by atoms with Gasteiger partial charge in [-0.25, -0.2) is 0 Å². The molecule has 2 heterocycles. The molecule has 1 fully saturated rings. The second kappa shape index (κ2) is 7.43. The summed E-state index contributed by atoms with van der Waals surface area (Å²) in [5.41, 5.74) is 1.11. The first-order valence-electron chi connectivity index (χ1n) is 8.31. The molecule has 0 spiro atoms. The molecular formula is C20H17N3OS2. The Hall–Kier alpha value is -2.44. The van der Waals surface area contributed by atoms with Crippen molar-refractivity contribution in [1.82, 2.24) is 4.90 Å². The third kappa shape index (κ3) is 3.43. The van der Waals surface area contributed by atoms with Crippen LogP contribution >= 0.6 is 23.1 Å². The third-order valence-electron chi connectivity index (χ3n) is 4.21. The van der Waals surface area contributed by atoms with Gasteiger partial charge in [-0.2, -0.15) is 5.10 Å². The lowest BCUT2D eigenvalue weighted by Gasteiger charge is -2.17. The van der Waals surface area contributed by atoms with Gasteiger partial charge in [-0.15, -0.1) is 16.4 Å². The second-order valence-corrected chi connectivity index (χ2v) is 8.25. The fourth-order valence-corrected chi connectivity index (χ4v) is 4.41. The molecule has 1 aliphatic heterocycles. The van der Waals surface area contributed by atoms with Crippen LogP contribution in [0.5, 0.6) is 0 Å². The van der Waals surface area contributed by atoms with Crippen molar-refractivity contribution in [3.63, 3.8) is 0 Å². The maximum atomic E-state index is 12.6. The van der Waals surface area contributed by atoms with Gasteiger partial charge in [0.05, 0.1) is 18.0 Å². The third-order valence-corrected chi connectivity index (χ3v) is 6.08. The fourth-order valence-electron chi connectivity index (χ4n) is 2.91. The molecule has 1 atom stereocenters. The van der Waals surface area contributed by atoms with Gasteiger partial charge >= 0.3 is 0 Å². The molecule has 1 amide bonds. The van der Waals surface area contributed by atoms with E-state index in [0.717, 1.165) is 15.8 Å². The number of hydrogen-bond acceptors (Lipinski definition) is 5. The highest BCUT2D eigenvalue weighted by Gasteiger charge is 2.35. The lowest BCUT2D eigenvalue weighted by Crippen LogP contribution is -2.30. The molecule has 1 saturated heterocycles. The van der Waals surface area contributed by atoms with Crippen LogP contribution in [0.25, 0.3) is 10.8 Å². The van der Waals surface area contributed by atoms with Gasteiger partial charge in [0.2, 0.25) is 5.91 Å². The summed E-state index contributed by atoms with van der Waals surface area (Å²) >= 11 is 3.07. The fraction of sp³-hybridized carbons (Fsp3) is 0.150. The van der Waals surface area contributed by atoms with Crippen molar-refractivity contribution in [1.29, 1.82) is 0 Å². The van der Waals surface area contributed by atoms with E-state index in [0.29, 0.717) is 11.7 Å². The van der Waals surface area contributed by atoms with Gasteiger partial charge in [0.1, 0.15) is 0 Å². The summed E-state index contributed by atoms with van der Waals surface area (Å²) in [4.78, 5) is 15.4. The van der Waals surface area contributed by atoms with Crippen LogP contribution in [0.1, 0.15) is 17.4 Å². The summed E-state index contributed by atoms with van der Waals surface area (Å²) in [7, 11) is 0. The highest BCUT2D eigenvalue weighted by Crippen LogP contribution is 2.30. The molecule has 0 aliphatic carbocycles. The number of carbonyl (C=O) groups is 1. The molecule has 0 unspecified atom stereocenters. The van der Waals surface area contributed by atoms with E-state index in [2.05, 4.69) is 34.5 Å². The Kier molecular flexibility index (Phi) is 4.86. The maximum Gasteiger partial charge on any atom is 0.242 e. The molecule has 1 aromatic heterocycles. The Morgan fingerprint density at radius 3 is 2.81 bits per heavy atom. The van der Waals surface area contributed by atoms with Crippen molar-refractivity contribution in [3.8, 4) is 0 Å². The number of benzene rings is 2. The van der Waals surface area contributed by atoms with Gasteiger partial charge in [0, 0.05) is 4.88 Å². The lowest BCUT2D eigenvalue weighted by atomic mass is 10.0. The normalized spacial score (nSPS) is 19.3. The molecule has 2 aromatic carbocycles. The Bertz CT molecular complexity index is 990. The van der Waals surface area contributed by atoms with Crippen LogP contribution in [0.2, 0.25) is 0 Å². The molecule has 130 valence electrons. The van der Waals surface area contributed by atoms with E-state index in [1.54, 1.807) is 22.5 Å². The summed E-state index contributed by atoms with van der Waals surface area (Å²) in [6.07, 6.45) is 1.72. The van der Waals surface area contributed by atoms with Crippen molar-refractivity contribution in [2.24, 2.45) is 10.2 Å². The molecule has 0 saturated carbocycles. The van der Waals surface area contributed by atoms with Crippen LogP contribution < -0.4 is 0 Å². The number of fused-ring (bicyclic) bond motifs is 1. The summed E-state index contributed by atoms with van der Waals surface area (Å²) in [6, 6.07) is 18.4. The molecule has 3 aromatic rings. The van der Waals surface area contributed by atoms with Gasteiger partial charge in [0.25, 0.3) is 0 Å². The van der Waals surface area contributed by atoms with E-state index < -0.39 is 0 Å². The maximum absolute atomic E-state index is 12.6. The number of thiophene rings is 1. The van der Waals surface area contributed by atoms with Crippen molar-refractivity contribution in [3.05, 3.63) is 70.4 Å². The van der Waals surface area contributed by atoms with Gasteiger partial charge in [0.15, 0.2) is 5.17 Å². The van der Waals surface area contributed by atoms with Crippen LogP contribution in [0, 0.1) is 0 Å². The number of hydrogen-bond donors (Lipinski definition) is 0. The average molecular weight is 380 g/mol. The first-order chi connectivity index (χ1) is 12.7. The molecule has 4 rings (SSSR count). The molecule has 6 heteroatoms. The smallest absolute Gasteiger partial charge is 0.242 e. The zero-order chi connectivity index (χ0) is 17.9. The molecule has 4 nitrogen and oxygen atoms in total. The Balaban J connectivity index is 1.63. The monoisotopic (exact) mass is 379 g/mol. The summed E-state index contributed by atoms with van der Waals surface area (Å²) in [6.45, 7) is 2.42. The molecule has 26 heavy (non-hydrogen) atoms. The van der Waals surface area contributed by atoms with E-state index in [9.17, 15) is 4.79 Å². The Morgan fingerprint density at radius 2 is 1.96 bits per heavy atom. The van der Waals surface area contributed by atoms with E-state index in [1.165, 1.54) is 17.1 Å². The summed E-state index contributed by atoms with van der Waals surface area (Å²) < 4.78 is 0. The van der Waals surface area contributed by atoms with Crippen LogP contribution in [0.3, 0.4) is 0 Å². The van der Waals surface area contributed by atoms with Gasteiger partial charge in [-0.3, -0.25) is 9.69 Å². The minimum atomic E-state index is -0.138. The van der Waals surface area contributed by atoms with E-state index in [1.807, 2.05) is 42.6 Å². The first-order valence-corrected chi connectivity index (χ1v) is 10.1. The highest BCUT2D eigenvalue weighted by molar-refractivity contribution is 8.15. The van der Waals surface area contributed by atoms with Crippen LogP contribution in [-0.4, -0.2) is 27.4 Å². The second-order valence-electron chi connectivity index (χ2n) is 5.97. The zero-order valence-electron chi connectivity index (χ0n) is 14.2. The quantitative estimate of drug-likeness (QED) is 0.485. The van der Waals surface area contributed by atoms with E-state index in [4.69, 9.17) is 0 Å². The number of amides is 1. The standard InChI is InChI=1S/C20H17N3OS2/c1-14-19(24)23(20(26-14)22-21-12-17-9-5-11-25-17)13-16-8-4-7-15-6-2-3-10-18(15)16/h2-12,14H,13H2,1H3/b21-12-,22-20+/t14-/m1/s1. The van der Waals surface area contributed by atoms with Gasteiger partial charge < -0.3 is 0 Å². The Morgan fingerprint density at radius 1 is 1.12 bits per heavy atom. The number of amidine groups is 1. The van der Waals surface area contributed by atoms with Crippen molar-refractivity contribution < 1.29 is 4.79 Å². The number of nitrogens with zero attached hydrogens (tertiary/aromatic N) is 3. The van der Waals surface area contributed by atoms with Gasteiger partial charge in [-0.1, -0.05) is 60.3 Å². The van der Waals surface area contributed by atoms with Crippen molar-refractivity contribution in [2.75, 3.05) is 0 Å². The van der Waals surface area contributed by atoms with Gasteiger partial charge in [-0.05, 0) is 34.7 Å². The minimum absolute atomic E-state index is 0.0769. The minimum Gasteiger partial charge on any atom is -0.284 e. The molecular weight excluding hydrogens is 362 g/mol. The van der Waals surface area contributed by atoms with Crippen LogP contribution in [-0.2, 0) is 11.3 Å². The molecule has 0 N–H and O–H groups in total.